The van der Waals surface area contributed by atoms with Crippen LogP contribution >= 0.6 is 0 Å². The van der Waals surface area contributed by atoms with Crippen molar-refractivity contribution < 1.29 is 24.2 Å². The van der Waals surface area contributed by atoms with Crippen LogP contribution in [0.4, 0.5) is 0 Å². The first-order chi connectivity index (χ1) is 12.6. The van der Waals surface area contributed by atoms with Crippen molar-refractivity contribution in [3.63, 3.8) is 0 Å². The van der Waals surface area contributed by atoms with Gasteiger partial charge in [-0.3, -0.25) is 9.59 Å². The Labute approximate surface area is 152 Å². The zero-order valence-corrected chi connectivity index (χ0v) is 14.8. The van der Waals surface area contributed by atoms with Crippen LogP contribution in [0.2, 0.25) is 0 Å². The molecule has 1 amide bonds. The predicted molar refractivity (Wildman–Crippen MR) is 95.6 cm³/mol. The minimum Gasteiger partial charge on any atom is -0.496 e. The number of benzene rings is 1. The minimum absolute atomic E-state index is 0.0212. The van der Waals surface area contributed by atoms with Crippen LogP contribution in [0.5, 0.6) is 11.6 Å². The highest BCUT2D eigenvalue weighted by Gasteiger charge is 2.22. The lowest BCUT2D eigenvalue weighted by molar-refractivity contribution is -0.141. The van der Waals surface area contributed by atoms with Crippen LogP contribution in [-0.4, -0.2) is 42.2 Å². The quantitative estimate of drug-likeness (QED) is 0.713. The highest BCUT2D eigenvalue weighted by Crippen LogP contribution is 2.21. The van der Waals surface area contributed by atoms with Gasteiger partial charge in [0.2, 0.25) is 5.88 Å². The third-order valence-corrected chi connectivity index (χ3v) is 3.81. The van der Waals surface area contributed by atoms with E-state index in [0.717, 1.165) is 5.56 Å². The maximum Gasteiger partial charge on any atom is 0.308 e. The molecule has 1 aromatic carbocycles. The molecule has 0 aliphatic carbocycles. The molecule has 0 radical (unpaired) electrons. The van der Waals surface area contributed by atoms with Crippen LogP contribution < -0.4 is 14.8 Å². The monoisotopic (exact) mass is 358 g/mol. The van der Waals surface area contributed by atoms with E-state index in [1.807, 2.05) is 18.2 Å². The van der Waals surface area contributed by atoms with Crippen molar-refractivity contribution in [1.29, 1.82) is 0 Å². The summed E-state index contributed by atoms with van der Waals surface area (Å²) in [5, 5.41) is 12.1. The molecule has 0 spiro atoms. The van der Waals surface area contributed by atoms with Gasteiger partial charge in [0.25, 0.3) is 5.91 Å². The number of para-hydroxylation sites is 1. The SMILES string of the molecule is CCOc1ncccc1C(=O)NCC(Cc1ccccc1OC)C(=O)O. The van der Waals surface area contributed by atoms with Crippen molar-refractivity contribution in [2.45, 2.75) is 13.3 Å². The number of methoxy groups -OCH3 is 1. The van der Waals surface area contributed by atoms with Gasteiger partial charge in [-0.2, -0.15) is 0 Å². The third-order valence-electron chi connectivity index (χ3n) is 3.81. The molecule has 138 valence electrons. The molecule has 1 atom stereocenters. The fourth-order valence-electron chi connectivity index (χ4n) is 2.51. The van der Waals surface area contributed by atoms with Crippen molar-refractivity contribution >= 4 is 11.9 Å². The number of nitrogens with zero attached hydrogens (tertiary/aromatic N) is 1. The van der Waals surface area contributed by atoms with E-state index < -0.39 is 17.8 Å². The van der Waals surface area contributed by atoms with E-state index in [-0.39, 0.29) is 24.4 Å². The number of rotatable bonds is 9. The summed E-state index contributed by atoms with van der Waals surface area (Å²) in [5.41, 5.74) is 1.05. The first kappa shape index (κ1) is 19.2. The molecule has 1 heterocycles. The number of ether oxygens (including phenoxy) is 2. The number of hydrogen-bond donors (Lipinski definition) is 2. The highest BCUT2D eigenvalue weighted by atomic mass is 16.5. The Kier molecular flexibility index (Phi) is 6.96. The zero-order chi connectivity index (χ0) is 18.9. The fourth-order valence-corrected chi connectivity index (χ4v) is 2.51. The van der Waals surface area contributed by atoms with Gasteiger partial charge in [0.05, 0.1) is 19.6 Å². The molecule has 1 aromatic heterocycles. The standard InChI is InChI=1S/C19H22N2O5/c1-3-26-18-15(8-6-10-20-18)17(22)21-12-14(19(23)24)11-13-7-4-5-9-16(13)25-2/h4-10,14H,3,11-12H2,1-2H3,(H,21,22)(H,23,24). The molecule has 7 heteroatoms. The first-order valence-corrected chi connectivity index (χ1v) is 8.27. The lowest BCUT2D eigenvalue weighted by atomic mass is 9.98. The van der Waals surface area contributed by atoms with Crippen molar-refractivity contribution in [2.24, 2.45) is 5.92 Å². The molecule has 2 rings (SSSR count). The molecular formula is C19H22N2O5. The Balaban J connectivity index is 2.07. The van der Waals surface area contributed by atoms with Crippen molar-refractivity contribution in [3.05, 3.63) is 53.7 Å². The summed E-state index contributed by atoms with van der Waals surface area (Å²) < 4.78 is 10.6. The van der Waals surface area contributed by atoms with Crippen molar-refractivity contribution in [1.82, 2.24) is 10.3 Å². The van der Waals surface area contributed by atoms with Gasteiger partial charge in [-0.1, -0.05) is 18.2 Å². The Bertz CT molecular complexity index is 763. The van der Waals surface area contributed by atoms with E-state index in [1.165, 1.54) is 13.3 Å². The number of carboxylic acids is 1. The number of pyridine rings is 1. The topological polar surface area (TPSA) is 97.8 Å². The summed E-state index contributed by atoms with van der Waals surface area (Å²) in [6.07, 6.45) is 1.77. The largest absolute Gasteiger partial charge is 0.496 e. The maximum atomic E-state index is 12.4. The number of carbonyl (C=O) groups excluding carboxylic acids is 1. The van der Waals surface area contributed by atoms with E-state index in [2.05, 4.69) is 10.3 Å². The number of carboxylic acid groups (broad SMARTS) is 1. The summed E-state index contributed by atoms with van der Waals surface area (Å²) >= 11 is 0. The zero-order valence-electron chi connectivity index (χ0n) is 14.8. The molecule has 2 aromatic rings. The average molecular weight is 358 g/mol. The Hall–Kier alpha value is -3.09. The molecule has 0 bridgehead atoms. The molecule has 0 saturated heterocycles. The van der Waals surface area contributed by atoms with Gasteiger partial charge in [0, 0.05) is 12.7 Å². The van der Waals surface area contributed by atoms with Gasteiger partial charge in [-0.05, 0) is 37.1 Å². The smallest absolute Gasteiger partial charge is 0.308 e. The fraction of sp³-hybridized carbons (Fsp3) is 0.316. The number of amides is 1. The lowest BCUT2D eigenvalue weighted by Crippen LogP contribution is -2.34. The van der Waals surface area contributed by atoms with Crippen LogP contribution in [0.1, 0.15) is 22.8 Å². The van der Waals surface area contributed by atoms with Crippen LogP contribution in [0, 0.1) is 5.92 Å². The van der Waals surface area contributed by atoms with Crippen molar-refractivity contribution in [2.75, 3.05) is 20.3 Å². The van der Waals surface area contributed by atoms with Crippen LogP contribution in [0.25, 0.3) is 0 Å². The second-order valence-corrected chi connectivity index (χ2v) is 5.55. The first-order valence-electron chi connectivity index (χ1n) is 8.27. The summed E-state index contributed by atoms with van der Waals surface area (Å²) in [6.45, 7) is 2.15. The summed E-state index contributed by atoms with van der Waals surface area (Å²) in [5.74, 6) is -1.36. The van der Waals surface area contributed by atoms with Crippen LogP contribution in [0.3, 0.4) is 0 Å². The van der Waals surface area contributed by atoms with Gasteiger partial charge in [0.15, 0.2) is 0 Å². The van der Waals surface area contributed by atoms with Gasteiger partial charge >= 0.3 is 5.97 Å². The second-order valence-electron chi connectivity index (χ2n) is 5.55. The van der Waals surface area contributed by atoms with E-state index in [9.17, 15) is 14.7 Å². The molecule has 0 aliphatic heterocycles. The normalized spacial score (nSPS) is 11.5. The highest BCUT2D eigenvalue weighted by molar-refractivity contribution is 5.96. The number of aromatic nitrogens is 1. The molecule has 0 saturated carbocycles. The third kappa shape index (κ3) is 4.95. The molecule has 2 N–H and O–H groups in total. The molecule has 0 fully saturated rings. The lowest BCUT2D eigenvalue weighted by Gasteiger charge is -2.16. The average Bonchev–Trinajstić information content (AvgIpc) is 2.65. The van der Waals surface area contributed by atoms with Crippen molar-refractivity contribution in [3.8, 4) is 11.6 Å². The number of carbonyl (C=O) groups is 2. The number of hydrogen-bond acceptors (Lipinski definition) is 5. The second kappa shape index (κ2) is 9.41. The molecule has 0 aliphatic rings. The Morgan fingerprint density at radius 2 is 2.00 bits per heavy atom. The Morgan fingerprint density at radius 1 is 1.23 bits per heavy atom. The number of nitrogens with one attached hydrogen (secondary N) is 1. The Morgan fingerprint density at radius 3 is 2.69 bits per heavy atom. The van der Waals surface area contributed by atoms with Gasteiger partial charge in [0.1, 0.15) is 11.3 Å². The van der Waals surface area contributed by atoms with E-state index >= 15 is 0 Å². The van der Waals surface area contributed by atoms with Crippen LogP contribution in [0.15, 0.2) is 42.6 Å². The molecule has 1 unspecified atom stereocenters. The van der Waals surface area contributed by atoms with Crippen LogP contribution in [-0.2, 0) is 11.2 Å². The summed E-state index contributed by atoms with van der Waals surface area (Å²) in [7, 11) is 1.54. The molecule has 26 heavy (non-hydrogen) atoms. The van der Waals surface area contributed by atoms with Gasteiger partial charge in [-0.25, -0.2) is 4.98 Å². The van der Waals surface area contributed by atoms with Gasteiger partial charge < -0.3 is 19.9 Å². The van der Waals surface area contributed by atoms with Gasteiger partial charge in [-0.15, -0.1) is 0 Å². The number of aliphatic carboxylic acids is 1. The minimum atomic E-state index is -0.993. The summed E-state index contributed by atoms with van der Waals surface area (Å²) in [6, 6.07) is 10.4. The van der Waals surface area contributed by atoms with E-state index in [1.54, 1.807) is 25.1 Å². The summed E-state index contributed by atoms with van der Waals surface area (Å²) in [4.78, 5) is 28.0. The predicted octanol–water partition coefficient (Wildman–Crippen LogP) is 2.16. The molecule has 7 nitrogen and oxygen atoms in total. The van der Waals surface area contributed by atoms with E-state index in [4.69, 9.17) is 9.47 Å². The molecular weight excluding hydrogens is 336 g/mol. The van der Waals surface area contributed by atoms with E-state index in [0.29, 0.717) is 12.4 Å². The maximum absolute atomic E-state index is 12.4.